The Hall–Kier alpha value is -1.59. The molecular formula is C11H20N2O4. The first kappa shape index (κ1) is 15.4. The Morgan fingerprint density at radius 2 is 1.65 bits per heavy atom. The molecule has 0 saturated heterocycles. The summed E-state index contributed by atoms with van der Waals surface area (Å²) in [6.07, 6.45) is 0.355. The molecule has 2 atom stereocenters. The van der Waals surface area contributed by atoms with Crippen molar-refractivity contribution in [1.82, 2.24) is 10.6 Å². The van der Waals surface area contributed by atoms with Crippen LogP contribution in [0.1, 0.15) is 34.1 Å². The van der Waals surface area contributed by atoms with Crippen molar-refractivity contribution < 1.29 is 19.5 Å². The molecular weight excluding hydrogens is 224 g/mol. The molecule has 0 aliphatic rings. The number of carboxylic acid groups (broad SMARTS) is 1. The summed E-state index contributed by atoms with van der Waals surface area (Å²) >= 11 is 0. The fourth-order valence-electron chi connectivity index (χ4n) is 1.36. The highest BCUT2D eigenvalue weighted by atomic mass is 16.4. The summed E-state index contributed by atoms with van der Waals surface area (Å²) in [6.45, 7) is 6.55. The van der Waals surface area contributed by atoms with Gasteiger partial charge >= 0.3 is 5.97 Å². The van der Waals surface area contributed by atoms with Crippen LogP contribution in [0.3, 0.4) is 0 Å². The molecule has 0 saturated carbocycles. The van der Waals surface area contributed by atoms with E-state index in [2.05, 4.69) is 10.6 Å². The Kier molecular flexibility index (Phi) is 6.23. The van der Waals surface area contributed by atoms with Gasteiger partial charge in [-0.15, -0.1) is 0 Å². The maximum atomic E-state index is 11.6. The molecule has 98 valence electrons. The second-order valence-electron chi connectivity index (χ2n) is 4.45. The number of hydrogen-bond acceptors (Lipinski definition) is 3. The molecule has 0 aliphatic heterocycles. The zero-order chi connectivity index (χ0) is 13.6. The first-order valence-corrected chi connectivity index (χ1v) is 5.54. The molecule has 6 nitrogen and oxygen atoms in total. The standard InChI is InChI=1S/C11H20N2O4/c1-6(2)5-9(11(16)17)13-10(15)7(3)12-8(4)14/h6-7,9H,5H2,1-4H3,(H,12,14)(H,13,15)(H,16,17)/t7?,9-/m0/s1. The van der Waals surface area contributed by atoms with Crippen LogP contribution in [0, 0.1) is 5.92 Å². The molecule has 2 amide bonds. The number of carboxylic acids is 1. The summed E-state index contributed by atoms with van der Waals surface area (Å²) in [4.78, 5) is 33.2. The molecule has 6 heteroatoms. The predicted octanol–water partition coefficient (Wildman–Crippen LogP) is 0.127. The van der Waals surface area contributed by atoms with Gasteiger partial charge in [-0.05, 0) is 19.3 Å². The van der Waals surface area contributed by atoms with Crippen molar-refractivity contribution >= 4 is 17.8 Å². The molecule has 0 aliphatic carbocycles. The van der Waals surface area contributed by atoms with Gasteiger partial charge in [-0.2, -0.15) is 0 Å². The largest absolute Gasteiger partial charge is 0.480 e. The van der Waals surface area contributed by atoms with Gasteiger partial charge < -0.3 is 15.7 Å². The average Bonchev–Trinajstić information content (AvgIpc) is 2.14. The van der Waals surface area contributed by atoms with Crippen molar-refractivity contribution in [2.24, 2.45) is 5.92 Å². The summed E-state index contributed by atoms with van der Waals surface area (Å²) in [6, 6.07) is -1.65. The third-order valence-electron chi connectivity index (χ3n) is 2.13. The zero-order valence-corrected chi connectivity index (χ0v) is 10.6. The molecule has 1 unspecified atom stereocenters. The van der Waals surface area contributed by atoms with Crippen LogP contribution in [0.25, 0.3) is 0 Å². The van der Waals surface area contributed by atoms with Crippen LogP contribution in [0.5, 0.6) is 0 Å². The van der Waals surface area contributed by atoms with Crippen molar-refractivity contribution in [1.29, 1.82) is 0 Å². The van der Waals surface area contributed by atoms with Gasteiger partial charge in [0, 0.05) is 6.92 Å². The third kappa shape index (κ3) is 6.55. The van der Waals surface area contributed by atoms with Gasteiger partial charge in [-0.3, -0.25) is 9.59 Å². The number of aliphatic carboxylic acids is 1. The predicted molar refractivity (Wildman–Crippen MR) is 62.3 cm³/mol. The Labute approximate surface area is 101 Å². The second kappa shape index (κ2) is 6.88. The number of carbonyl (C=O) groups is 3. The maximum Gasteiger partial charge on any atom is 0.326 e. The van der Waals surface area contributed by atoms with E-state index in [9.17, 15) is 14.4 Å². The van der Waals surface area contributed by atoms with Crippen molar-refractivity contribution in [3.63, 3.8) is 0 Å². The van der Waals surface area contributed by atoms with Crippen LogP contribution in [0.15, 0.2) is 0 Å². The van der Waals surface area contributed by atoms with Gasteiger partial charge in [0.2, 0.25) is 11.8 Å². The Bertz CT molecular complexity index is 302. The van der Waals surface area contributed by atoms with Crippen molar-refractivity contribution in [2.45, 2.75) is 46.2 Å². The lowest BCUT2D eigenvalue weighted by Crippen LogP contribution is -2.50. The third-order valence-corrected chi connectivity index (χ3v) is 2.13. The summed E-state index contributed by atoms with van der Waals surface area (Å²) in [7, 11) is 0. The fraction of sp³-hybridized carbons (Fsp3) is 0.727. The Balaban J connectivity index is 4.39. The van der Waals surface area contributed by atoms with Crippen LogP contribution in [0.4, 0.5) is 0 Å². The van der Waals surface area contributed by atoms with E-state index in [1.165, 1.54) is 13.8 Å². The Morgan fingerprint density at radius 3 is 2.00 bits per heavy atom. The molecule has 0 aromatic heterocycles. The van der Waals surface area contributed by atoms with Crippen molar-refractivity contribution in [3.8, 4) is 0 Å². The topological polar surface area (TPSA) is 95.5 Å². The van der Waals surface area contributed by atoms with Crippen LogP contribution < -0.4 is 10.6 Å². The van der Waals surface area contributed by atoms with E-state index < -0.39 is 24.0 Å². The van der Waals surface area contributed by atoms with Gasteiger partial charge in [0.15, 0.2) is 0 Å². The molecule has 0 fully saturated rings. The molecule has 0 aromatic rings. The lowest BCUT2D eigenvalue weighted by molar-refractivity contribution is -0.142. The highest BCUT2D eigenvalue weighted by Crippen LogP contribution is 2.05. The Morgan fingerprint density at radius 1 is 1.12 bits per heavy atom. The molecule has 0 heterocycles. The van der Waals surface area contributed by atoms with E-state index in [0.29, 0.717) is 6.42 Å². The van der Waals surface area contributed by atoms with Crippen LogP contribution in [-0.2, 0) is 14.4 Å². The maximum absolute atomic E-state index is 11.6. The number of rotatable bonds is 6. The SMILES string of the molecule is CC(=O)NC(C)C(=O)N[C@@H](CC(C)C)C(=O)O. The summed E-state index contributed by atoms with van der Waals surface area (Å²) in [5.74, 6) is -1.73. The quantitative estimate of drug-likeness (QED) is 0.618. The molecule has 0 radical (unpaired) electrons. The van der Waals surface area contributed by atoms with E-state index in [1.807, 2.05) is 13.8 Å². The van der Waals surface area contributed by atoms with E-state index in [-0.39, 0.29) is 11.8 Å². The number of hydrogen-bond donors (Lipinski definition) is 3. The highest BCUT2D eigenvalue weighted by Gasteiger charge is 2.23. The smallest absolute Gasteiger partial charge is 0.326 e. The van der Waals surface area contributed by atoms with Crippen molar-refractivity contribution in [2.75, 3.05) is 0 Å². The molecule has 17 heavy (non-hydrogen) atoms. The van der Waals surface area contributed by atoms with Gasteiger partial charge in [0.05, 0.1) is 0 Å². The summed E-state index contributed by atoms with van der Waals surface area (Å²) in [5.41, 5.74) is 0. The van der Waals surface area contributed by atoms with Gasteiger partial charge in [0.25, 0.3) is 0 Å². The highest BCUT2D eigenvalue weighted by molar-refractivity contribution is 5.89. The van der Waals surface area contributed by atoms with Crippen LogP contribution >= 0.6 is 0 Å². The van der Waals surface area contributed by atoms with E-state index >= 15 is 0 Å². The molecule has 3 N–H and O–H groups in total. The molecule has 0 spiro atoms. The fourth-order valence-corrected chi connectivity index (χ4v) is 1.36. The monoisotopic (exact) mass is 244 g/mol. The second-order valence-corrected chi connectivity index (χ2v) is 4.45. The van der Waals surface area contributed by atoms with E-state index in [0.717, 1.165) is 0 Å². The minimum absolute atomic E-state index is 0.160. The summed E-state index contributed by atoms with van der Waals surface area (Å²) in [5, 5.41) is 13.7. The molecule has 0 bridgehead atoms. The lowest BCUT2D eigenvalue weighted by Gasteiger charge is -2.19. The summed E-state index contributed by atoms with van der Waals surface area (Å²) < 4.78 is 0. The van der Waals surface area contributed by atoms with Crippen molar-refractivity contribution in [3.05, 3.63) is 0 Å². The van der Waals surface area contributed by atoms with Crippen LogP contribution in [0.2, 0.25) is 0 Å². The number of nitrogens with one attached hydrogen (secondary N) is 2. The first-order chi connectivity index (χ1) is 7.73. The van der Waals surface area contributed by atoms with Gasteiger partial charge in [0.1, 0.15) is 12.1 Å². The first-order valence-electron chi connectivity index (χ1n) is 5.54. The zero-order valence-electron chi connectivity index (χ0n) is 10.6. The van der Waals surface area contributed by atoms with Crippen LogP contribution in [-0.4, -0.2) is 35.0 Å². The molecule has 0 aromatic carbocycles. The van der Waals surface area contributed by atoms with Gasteiger partial charge in [-0.1, -0.05) is 13.8 Å². The normalized spacial score (nSPS) is 13.9. The lowest BCUT2D eigenvalue weighted by atomic mass is 10.0. The van der Waals surface area contributed by atoms with E-state index in [1.54, 1.807) is 0 Å². The number of carbonyl (C=O) groups excluding carboxylic acids is 2. The van der Waals surface area contributed by atoms with Gasteiger partial charge in [-0.25, -0.2) is 4.79 Å². The average molecular weight is 244 g/mol. The molecule has 0 rings (SSSR count). The minimum Gasteiger partial charge on any atom is -0.480 e. The number of amides is 2. The van der Waals surface area contributed by atoms with E-state index in [4.69, 9.17) is 5.11 Å². The minimum atomic E-state index is -1.07.